The summed E-state index contributed by atoms with van der Waals surface area (Å²) >= 11 is 7.82. The molecule has 1 aliphatic heterocycles. The van der Waals surface area contributed by atoms with Crippen molar-refractivity contribution in [2.24, 2.45) is 0 Å². The van der Waals surface area contributed by atoms with Crippen LogP contribution in [-0.2, 0) is 37.2 Å². The average Bonchev–Trinajstić information content (AvgIpc) is 3.44. The van der Waals surface area contributed by atoms with Crippen LogP contribution in [0.25, 0.3) is 5.69 Å². The third-order valence-electron chi connectivity index (χ3n) is 5.54. The van der Waals surface area contributed by atoms with E-state index in [0.717, 1.165) is 39.0 Å². The van der Waals surface area contributed by atoms with E-state index >= 15 is 0 Å². The maximum atomic E-state index is 13.6. The van der Waals surface area contributed by atoms with Crippen molar-refractivity contribution in [3.63, 3.8) is 0 Å². The molecule has 0 N–H and O–H groups in total. The molecule has 0 radical (unpaired) electrons. The van der Waals surface area contributed by atoms with Gasteiger partial charge in [0.05, 0.1) is 0 Å². The molecule has 0 saturated heterocycles. The number of aromatic nitrogens is 3. The first-order chi connectivity index (χ1) is 15.5. The molecule has 8 heteroatoms. The van der Waals surface area contributed by atoms with Crippen molar-refractivity contribution in [1.82, 2.24) is 14.3 Å². The molecule has 0 saturated carbocycles. The van der Waals surface area contributed by atoms with Crippen molar-refractivity contribution in [1.29, 1.82) is 0 Å². The maximum absolute atomic E-state index is 13.6. The van der Waals surface area contributed by atoms with Gasteiger partial charge in [-0.05, 0) is 12.1 Å². The SMILES string of the molecule is CO[C](=[W])c1ccn(-c2ccc(C(=O)N3Cc4cccn4Cc4ccccc43)c(Cl)c2)n1. The quantitative estimate of drug-likeness (QED) is 0.346. The molecule has 1 amide bonds. The van der Waals surface area contributed by atoms with Gasteiger partial charge in [-0.1, -0.05) is 18.2 Å². The number of anilines is 1. The molecule has 0 unspecified atom stereocenters. The molecular formula is C24H19ClN4O2W. The second kappa shape index (κ2) is 8.62. The van der Waals surface area contributed by atoms with E-state index in [1.54, 1.807) is 28.8 Å². The zero-order valence-corrected chi connectivity index (χ0v) is 20.9. The molecule has 0 bridgehead atoms. The summed E-state index contributed by atoms with van der Waals surface area (Å²) in [6.07, 6.45) is 3.90. The molecule has 0 atom stereocenters. The van der Waals surface area contributed by atoms with Crippen molar-refractivity contribution >= 4 is 27.3 Å². The minimum absolute atomic E-state index is 0.128. The van der Waals surface area contributed by atoms with Crippen LogP contribution in [0, 0.1) is 0 Å². The van der Waals surface area contributed by atoms with E-state index < -0.39 is 0 Å². The summed E-state index contributed by atoms with van der Waals surface area (Å²) in [5.41, 5.74) is 5.11. The Bertz CT molecular complexity index is 1340. The molecule has 0 aliphatic carbocycles. The first-order valence-corrected chi connectivity index (χ1v) is 11.9. The van der Waals surface area contributed by atoms with Gasteiger partial charge >= 0.3 is 154 Å². The van der Waals surface area contributed by atoms with Crippen molar-refractivity contribution in [2.75, 3.05) is 12.0 Å². The first-order valence-electron chi connectivity index (χ1n) is 10.0. The number of fused-ring (bicyclic) bond motifs is 2. The molecule has 2 aromatic carbocycles. The summed E-state index contributed by atoms with van der Waals surface area (Å²) in [5.74, 6) is -0.128. The Labute approximate surface area is 201 Å². The van der Waals surface area contributed by atoms with E-state index in [9.17, 15) is 4.79 Å². The molecule has 0 spiro atoms. The topological polar surface area (TPSA) is 52.3 Å². The summed E-state index contributed by atoms with van der Waals surface area (Å²) in [6.45, 7) is 1.22. The number of halogens is 1. The van der Waals surface area contributed by atoms with Gasteiger partial charge < -0.3 is 4.57 Å². The number of carbonyl (C=O) groups excluding carboxylic acids is 1. The fourth-order valence-corrected chi connectivity index (χ4v) is 4.56. The third-order valence-corrected chi connectivity index (χ3v) is 7.21. The van der Waals surface area contributed by atoms with E-state index in [1.165, 1.54) is 19.4 Å². The standard InChI is InChI=1S/C24H19ClN4O2.W/c1-31-16-18-10-12-29(26-18)19-8-9-21(22(25)13-19)24(30)28-15-20-6-4-11-27(20)14-17-5-2-3-7-23(17)28;/h2-13H,14-15H2,1H3;. The number of rotatable bonds is 4. The Morgan fingerprint density at radius 2 is 1.91 bits per heavy atom. The number of hydrogen-bond acceptors (Lipinski definition) is 3. The van der Waals surface area contributed by atoms with Gasteiger partial charge in [-0.15, -0.1) is 0 Å². The van der Waals surface area contributed by atoms with Crippen LogP contribution >= 0.6 is 11.6 Å². The van der Waals surface area contributed by atoms with Crippen molar-refractivity contribution < 1.29 is 28.9 Å². The molecule has 2 aromatic heterocycles. The van der Waals surface area contributed by atoms with E-state index in [4.69, 9.17) is 16.3 Å². The Kier molecular flexibility index (Phi) is 5.68. The normalized spacial score (nSPS) is 12.8. The van der Waals surface area contributed by atoms with Crippen LogP contribution in [0.1, 0.15) is 27.3 Å². The summed E-state index contributed by atoms with van der Waals surface area (Å²) < 4.78 is 10.00. The number of amides is 1. The number of ether oxygens (including phenoxy) is 1. The number of benzene rings is 2. The predicted octanol–water partition coefficient (Wildman–Crippen LogP) is 4.21. The van der Waals surface area contributed by atoms with Crippen LogP contribution in [0.4, 0.5) is 5.69 Å². The fraction of sp³-hybridized carbons (Fsp3) is 0.125. The summed E-state index contributed by atoms with van der Waals surface area (Å²) in [7, 11) is 1.64. The molecule has 5 rings (SSSR count). The van der Waals surface area contributed by atoms with Gasteiger partial charge in [0.15, 0.2) is 0 Å². The summed E-state index contributed by atoms with van der Waals surface area (Å²) in [5, 5.41) is 4.93. The van der Waals surface area contributed by atoms with Gasteiger partial charge in [-0.2, -0.15) is 0 Å². The van der Waals surface area contributed by atoms with E-state index in [2.05, 4.69) is 15.7 Å². The Morgan fingerprint density at radius 3 is 2.72 bits per heavy atom. The molecular weight excluding hydrogens is 596 g/mol. The van der Waals surface area contributed by atoms with Crippen LogP contribution in [-0.4, -0.2) is 31.4 Å². The van der Waals surface area contributed by atoms with Crippen molar-refractivity contribution in [3.05, 3.63) is 101 Å². The van der Waals surface area contributed by atoms with E-state index in [0.29, 0.717) is 17.1 Å². The van der Waals surface area contributed by atoms with Crippen LogP contribution in [0.15, 0.2) is 73.1 Å². The van der Waals surface area contributed by atoms with Crippen LogP contribution < -0.4 is 4.90 Å². The average molecular weight is 615 g/mol. The van der Waals surface area contributed by atoms with Gasteiger partial charge in [0.2, 0.25) is 0 Å². The predicted molar refractivity (Wildman–Crippen MR) is 120 cm³/mol. The zero-order valence-electron chi connectivity index (χ0n) is 17.2. The molecule has 32 heavy (non-hydrogen) atoms. The van der Waals surface area contributed by atoms with Crippen LogP contribution in [0.2, 0.25) is 5.02 Å². The Morgan fingerprint density at radius 1 is 1.06 bits per heavy atom. The molecule has 0 fully saturated rings. The number of para-hydroxylation sites is 1. The van der Waals surface area contributed by atoms with Gasteiger partial charge in [0.1, 0.15) is 0 Å². The Hall–Kier alpha value is -2.79. The Balaban J connectivity index is 1.49. The van der Waals surface area contributed by atoms with Crippen molar-refractivity contribution in [2.45, 2.75) is 13.1 Å². The monoisotopic (exact) mass is 614 g/mol. The van der Waals surface area contributed by atoms with E-state index in [-0.39, 0.29) is 5.91 Å². The molecule has 6 nitrogen and oxygen atoms in total. The number of methoxy groups -OCH3 is 1. The molecule has 3 heterocycles. The van der Waals surface area contributed by atoms with Gasteiger partial charge in [-0.3, -0.25) is 0 Å². The third kappa shape index (κ3) is 3.79. The van der Waals surface area contributed by atoms with Crippen molar-refractivity contribution in [3.8, 4) is 5.69 Å². The second-order valence-electron chi connectivity index (χ2n) is 7.45. The number of nitrogens with zero attached hydrogens (tertiary/aromatic N) is 4. The number of carbonyl (C=O) groups is 1. The first kappa shape index (κ1) is 21.1. The zero-order chi connectivity index (χ0) is 22.2. The second-order valence-corrected chi connectivity index (χ2v) is 9.19. The van der Waals surface area contributed by atoms with Crippen LogP contribution in [0.5, 0.6) is 0 Å². The van der Waals surface area contributed by atoms with E-state index in [1.807, 2.05) is 54.9 Å². The number of hydrogen-bond donors (Lipinski definition) is 0. The van der Waals surface area contributed by atoms with Crippen LogP contribution in [0.3, 0.4) is 0 Å². The summed E-state index contributed by atoms with van der Waals surface area (Å²) in [6, 6.07) is 19.4. The summed E-state index contributed by atoms with van der Waals surface area (Å²) in [4.78, 5) is 15.4. The molecule has 160 valence electrons. The fourth-order valence-electron chi connectivity index (χ4n) is 3.91. The van der Waals surface area contributed by atoms with Gasteiger partial charge in [0.25, 0.3) is 0 Å². The minimum atomic E-state index is -0.128. The van der Waals surface area contributed by atoms with Gasteiger partial charge in [0, 0.05) is 12.7 Å². The van der Waals surface area contributed by atoms with Gasteiger partial charge in [-0.25, -0.2) is 0 Å². The molecule has 1 aliphatic rings. The molecule has 4 aromatic rings.